The van der Waals surface area contributed by atoms with E-state index in [-0.39, 0.29) is 18.5 Å². The predicted octanol–water partition coefficient (Wildman–Crippen LogP) is -1.19. The van der Waals surface area contributed by atoms with E-state index in [4.69, 9.17) is 4.74 Å². The average molecular weight is 293 g/mol. The summed E-state index contributed by atoms with van der Waals surface area (Å²) in [6, 6.07) is 0.218. The largest absolute Gasteiger partial charge is 0.381 e. The van der Waals surface area contributed by atoms with Gasteiger partial charge in [-0.1, -0.05) is 0 Å². The lowest BCUT2D eigenvalue weighted by Crippen LogP contribution is -2.43. The second-order valence-electron chi connectivity index (χ2n) is 4.65. The van der Waals surface area contributed by atoms with Crippen LogP contribution in [0.3, 0.4) is 0 Å². The Labute approximate surface area is 114 Å². The molecular weight excluding hydrogens is 270 g/mol. The first-order valence-corrected chi connectivity index (χ1v) is 8.39. The molecule has 0 aliphatic carbocycles. The Morgan fingerprint density at radius 1 is 1.26 bits per heavy atom. The van der Waals surface area contributed by atoms with E-state index < -0.39 is 10.0 Å². The summed E-state index contributed by atoms with van der Waals surface area (Å²) < 4.78 is 29.2. The fourth-order valence-corrected chi connectivity index (χ4v) is 2.31. The molecule has 19 heavy (non-hydrogen) atoms. The van der Waals surface area contributed by atoms with Crippen molar-refractivity contribution in [3.8, 4) is 0 Å². The lowest BCUT2D eigenvalue weighted by Gasteiger charge is -2.23. The van der Waals surface area contributed by atoms with Crippen molar-refractivity contribution < 1.29 is 17.9 Å². The van der Waals surface area contributed by atoms with E-state index in [1.165, 1.54) is 0 Å². The maximum Gasteiger partial charge on any atom is 0.234 e. The van der Waals surface area contributed by atoms with Crippen molar-refractivity contribution in [1.29, 1.82) is 0 Å². The third-order valence-electron chi connectivity index (χ3n) is 2.77. The second kappa shape index (κ2) is 8.47. The smallest absolute Gasteiger partial charge is 0.234 e. The summed E-state index contributed by atoms with van der Waals surface area (Å²) in [4.78, 5) is 11.6. The van der Waals surface area contributed by atoms with Crippen LogP contribution in [0.25, 0.3) is 0 Å². The molecule has 0 spiro atoms. The van der Waals surface area contributed by atoms with Crippen molar-refractivity contribution in [2.24, 2.45) is 0 Å². The number of ether oxygens (including phenoxy) is 1. The summed E-state index contributed by atoms with van der Waals surface area (Å²) in [6.07, 6.45) is 3.51. The van der Waals surface area contributed by atoms with E-state index in [1.54, 1.807) is 0 Å². The molecule has 0 unspecified atom stereocenters. The molecule has 7 nitrogen and oxygen atoms in total. The van der Waals surface area contributed by atoms with Crippen LogP contribution in [0.1, 0.15) is 19.3 Å². The topological polar surface area (TPSA) is 96.5 Å². The number of hydrogen-bond donors (Lipinski definition) is 3. The molecule has 0 radical (unpaired) electrons. The minimum absolute atomic E-state index is 0.0250. The molecular formula is C11H23N3O4S. The fourth-order valence-electron chi connectivity index (χ4n) is 1.79. The molecule has 0 aromatic carbocycles. The molecule has 1 aliphatic rings. The minimum Gasteiger partial charge on any atom is -0.381 e. The van der Waals surface area contributed by atoms with Gasteiger partial charge >= 0.3 is 0 Å². The summed E-state index contributed by atoms with van der Waals surface area (Å²) in [6.45, 7) is 2.65. The fraction of sp³-hybridized carbons (Fsp3) is 0.909. The Hall–Kier alpha value is -0.700. The molecule has 0 atom stereocenters. The van der Waals surface area contributed by atoms with Crippen molar-refractivity contribution in [3.63, 3.8) is 0 Å². The third kappa shape index (κ3) is 8.93. The molecule has 3 N–H and O–H groups in total. The summed E-state index contributed by atoms with van der Waals surface area (Å²) in [7, 11) is -3.12. The van der Waals surface area contributed by atoms with Crippen molar-refractivity contribution in [2.75, 3.05) is 39.1 Å². The second-order valence-corrected chi connectivity index (χ2v) is 6.48. The summed E-state index contributed by atoms with van der Waals surface area (Å²) >= 11 is 0. The van der Waals surface area contributed by atoms with Gasteiger partial charge in [-0.15, -0.1) is 0 Å². The Morgan fingerprint density at radius 3 is 2.58 bits per heavy atom. The van der Waals surface area contributed by atoms with Gasteiger partial charge in [0.25, 0.3) is 0 Å². The molecule has 1 saturated heterocycles. The van der Waals surface area contributed by atoms with Gasteiger partial charge in [0, 0.05) is 25.8 Å². The van der Waals surface area contributed by atoms with Crippen molar-refractivity contribution >= 4 is 15.9 Å². The van der Waals surface area contributed by atoms with Crippen LogP contribution in [-0.4, -0.2) is 59.5 Å². The molecule has 0 aromatic heterocycles. The van der Waals surface area contributed by atoms with Crippen molar-refractivity contribution in [1.82, 2.24) is 15.4 Å². The lowest BCUT2D eigenvalue weighted by molar-refractivity contribution is -0.121. The van der Waals surface area contributed by atoms with Crippen LogP contribution < -0.4 is 15.4 Å². The number of carbonyl (C=O) groups is 1. The first kappa shape index (κ1) is 16.4. The van der Waals surface area contributed by atoms with Gasteiger partial charge in [0.05, 0.1) is 12.8 Å². The van der Waals surface area contributed by atoms with Crippen molar-refractivity contribution in [2.45, 2.75) is 25.3 Å². The van der Waals surface area contributed by atoms with Gasteiger partial charge in [-0.2, -0.15) is 0 Å². The van der Waals surface area contributed by atoms with Gasteiger partial charge in [0.1, 0.15) is 0 Å². The van der Waals surface area contributed by atoms with E-state index >= 15 is 0 Å². The van der Waals surface area contributed by atoms with Gasteiger partial charge in [-0.25, -0.2) is 13.1 Å². The van der Waals surface area contributed by atoms with Crippen LogP contribution in [0, 0.1) is 0 Å². The lowest BCUT2D eigenvalue weighted by atomic mass is 10.1. The van der Waals surface area contributed by atoms with Crippen LogP contribution in [0.4, 0.5) is 0 Å². The molecule has 0 saturated carbocycles. The van der Waals surface area contributed by atoms with Gasteiger partial charge in [0.2, 0.25) is 15.9 Å². The predicted molar refractivity (Wildman–Crippen MR) is 72.3 cm³/mol. The molecule has 1 heterocycles. The maximum absolute atomic E-state index is 11.6. The Bertz CT molecular complexity index is 366. The zero-order valence-electron chi connectivity index (χ0n) is 11.3. The number of nitrogens with one attached hydrogen (secondary N) is 3. The average Bonchev–Trinajstić information content (AvgIpc) is 2.33. The SMILES string of the molecule is CS(=O)(=O)NCCCNCC(=O)NC1CCOCC1. The molecule has 1 rings (SSSR count). The summed E-state index contributed by atoms with van der Waals surface area (Å²) in [5.74, 6) is -0.0250. The highest BCUT2D eigenvalue weighted by molar-refractivity contribution is 7.88. The first-order chi connectivity index (χ1) is 8.97. The van der Waals surface area contributed by atoms with Crippen LogP contribution in [0.15, 0.2) is 0 Å². The molecule has 1 fully saturated rings. The Morgan fingerprint density at radius 2 is 1.95 bits per heavy atom. The Balaban J connectivity index is 1.98. The normalized spacial score (nSPS) is 17.3. The zero-order valence-corrected chi connectivity index (χ0v) is 12.1. The van der Waals surface area contributed by atoms with E-state index in [2.05, 4.69) is 15.4 Å². The van der Waals surface area contributed by atoms with Crippen LogP contribution in [-0.2, 0) is 19.6 Å². The number of hydrogen-bond acceptors (Lipinski definition) is 5. The molecule has 112 valence electrons. The molecule has 8 heteroatoms. The summed E-state index contributed by atoms with van der Waals surface area (Å²) in [5.41, 5.74) is 0. The highest BCUT2D eigenvalue weighted by Gasteiger charge is 2.15. The molecule has 0 aromatic rings. The molecule has 1 amide bonds. The Kier molecular flexibility index (Phi) is 7.29. The molecule has 0 bridgehead atoms. The number of carbonyl (C=O) groups excluding carboxylic acids is 1. The van der Waals surface area contributed by atoms with Crippen molar-refractivity contribution in [3.05, 3.63) is 0 Å². The number of amides is 1. The zero-order chi connectivity index (χ0) is 14.1. The quantitative estimate of drug-likeness (QED) is 0.489. The maximum atomic E-state index is 11.6. The highest BCUT2D eigenvalue weighted by atomic mass is 32.2. The van der Waals surface area contributed by atoms with E-state index in [9.17, 15) is 13.2 Å². The standard InChI is InChI=1S/C11H23N3O4S/c1-19(16,17)13-6-2-5-12-9-11(15)14-10-3-7-18-8-4-10/h10,12-13H,2-9H2,1H3,(H,14,15). The monoisotopic (exact) mass is 293 g/mol. The molecule has 1 aliphatic heterocycles. The van der Waals surface area contributed by atoms with Gasteiger partial charge < -0.3 is 15.4 Å². The van der Waals surface area contributed by atoms with Gasteiger partial charge in [0.15, 0.2) is 0 Å². The first-order valence-electron chi connectivity index (χ1n) is 6.50. The van der Waals surface area contributed by atoms with Crippen LogP contribution >= 0.6 is 0 Å². The van der Waals surface area contributed by atoms with Crippen LogP contribution in [0.2, 0.25) is 0 Å². The minimum atomic E-state index is -3.12. The van der Waals surface area contributed by atoms with E-state index in [0.717, 1.165) is 19.1 Å². The third-order valence-corrected chi connectivity index (χ3v) is 3.50. The number of rotatable bonds is 8. The van der Waals surface area contributed by atoms with E-state index in [1.807, 2.05) is 0 Å². The van der Waals surface area contributed by atoms with Crippen LogP contribution in [0.5, 0.6) is 0 Å². The van der Waals surface area contributed by atoms with Gasteiger partial charge in [-0.05, 0) is 25.8 Å². The highest BCUT2D eigenvalue weighted by Crippen LogP contribution is 2.05. The van der Waals surface area contributed by atoms with E-state index in [0.29, 0.717) is 32.7 Å². The number of sulfonamides is 1. The van der Waals surface area contributed by atoms with Gasteiger partial charge in [-0.3, -0.25) is 4.79 Å². The summed E-state index contributed by atoms with van der Waals surface area (Å²) in [5, 5.41) is 5.92.